The van der Waals surface area contributed by atoms with E-state index in [2.05, 4.69) is 4.37 Å². The highest BCUT2D eigenvalue weighted by molar-refractivity contribution is 7.02. The molecule has 0 spiro atoms. The van der Waals surface area contributed by atoms with E-state index >= 15 is 0 Å². The standard InChI is InChI=1S/C2H2N2O2S/c5-1-3-2(6)7-4-1/h(H2,3,4,5,6). The van der Waals surface area contributed by atoms with Gasteiger partial charge in [-0.3, -0.25) is 14.2 Å². The van der Waals surface area contributed by atoms with Crippen LogP contribution in [0, 0.1) is 0 Å². The van der Waals surface area contributed by atoms with Crippen LogP contribution in [0.2, 0.25) is 0 Å². The minimum absolute atomic E-state index is 0.343. The zero-order valence-electron chi connectivity index (χ0n) is 3.22. The van der Waals surface area contributed by atoms with Crippen LogP contribution in [0.3, 0.4) is 0 Å². The molecule has 0 atom stereocenters. The van der Waals surface area contributed by atoms with Crippen molar-refractivity contribution in [2.24, 2.45) is 0 Å². The molecule has 0 aliphatic heterocycles. The van der Waals surface area contributed by atoms with Crippen LogP contribution in [0.5, 0.6) is 0 Å². The van der Waals surface area contributed by atoms with Crippen molar-refractivity contribution >= 4 is 11.5 Å². The smallest absolute Gasteiger partial charge is 0.263 e. The van der Waals surface area contributed by atoms with Crippen molar-refractivity contribution in [3.05, 3.63) is 20.2 Å². The predicted molar refractivity (Wildman–Crippen MR) is 25.6 cm³/mol. The summed E-state index contributed by atoms with van der Waals surface area (Å²) in [6.45, 7) is 0. The fraction of sp³-hybridized carbons (Fsp3) is 0. The van der Waals surface area contributed by atoms with Gasteiger partial charge < -0.3 is 0 Å². The van der Waals surface area contributed by atoms with Crippen LogP contribution in [0.25, 0.3) is 0 Å². The molecule has 0 bridgehead atoms. The third-order valence-corrected chi connectivity index (χ3v) is 1.03. The normalized spacial score (nSPS) is 9.14. The van der Waals surface area contributed by atoms with E-state index in [9.17, 15) is 9.59 Å². The van der Waals surface area contributed by atoms with Gasteiger partial charge in [-0.2, -0.15) is 0 Å². The SMILES string of the molecule is O=c1[nH]sc(=O)[nH]1. The minimum Gasteiger partial charge on any atom is -0.263 e. The molecule has 0 saturated carbocycles. The lowest BCUT2D eigenvalue weighted by atomic mass is 11.3. The molecule has 4 nitrogen and oxygen atoms in total. The Hall–Kier alpha value is -0.840. The fourth-order valence-corrected chi connectivity index (χ4v) is 0.617. The van der Waals surface area contributed by atoms with Crippen molar-refractivity contribution in [3.8, 4) is 0 Å². The Kier molecular flexibility index (Phi) is 0.828. The summed E-state index contributed by atoms with van der Waals surface area (Å²) in [5, 5.41) is 0. The summed E-state index contributed by atoms with van der Waals surface area (Å²) in [7, 11) is 0. The van der Waals surface area contributed by atoms with Crippen LogP contribution in [0.4, 0.5) is 0 Å². The van der Waals surface area contributed by atoms with Gasteiger partial charge in [0.1, 0.15) is 0 Å². The monoisotopic (exact) mass is 118 g/mol. The molecule has 7 heavy (non-hydrogen) atoms. The summed E-state index contributed by atoms with van der Waals surface area (Å²) in [5.74, 6) is 0. The quantitative estimate of drug-likeness (QED) is 0.464. The van der Waals surface area contributed by atoms with Crippen molar-refractivity contribution in [2.45, 2.75) is 0 Å². The van der Waals surface area contributed by atoms with Crippen LogP contribution in [-0.2, 0) is 0 Å². The van der Waals surface area contributed by atoms with E-state index in [0.29, 0.717) is 0 Å². The van der Waals surface area contributed by atoms with Crippen molar-refractivity contribution in [3.63, 3.8) is 0 Å². The number of hydrogen-bond donors (Lipinski definition) is 2. The molecule has 0 amide bonds. The summed E-state index contributed by atoms with van der Waals surface area (Å²) in [4.78, 5) is 21.7. The first-order valence-electron chi connectivity index (χ1n) is 1.57. The van der Waals surface area contributed by atoms with Crippen molar-refractivity contribution < 1.29 is 0 Å². The Morgan fingerprint density at radius 3 is 2.29 bits per heavy atom. The molecule has 0 unspecified atom stereocenters. The molecule has 0 saturated heterocycles. The molecule has 1 heterocycles. The Morgan fingerprint density at radius 2 is 2.14 bits per heavy atom. The first kappa shape index (κ1) is 4.32. The fourth-order valence-electron chi connectivity index (χ4n) is 0.236. The van der Waals surface area contributed by atoms with E-state index in [1.165, 1.54) is 0 Å². The Labute approximate surface area is 42.0 Å². The molecule has 0 aliphatic carbocycles. The van der Waals surface area contributed by atoms with Gasteiger partial charge in [0.05, 0.1) is 0 Å². The molecule has 38 valence electrons. The summed E-state index contributed by atoms with van der Waals surface area (Å²) in [5.41, 5.74) is -0.435. The molecule has 0 aromatic carbocycles. The molecule has 1 aromatic rings. The van der Waals surface area contributed by atoms with Crippen molar-refractivity contribution in [1.82, 2.24) is 9.36 Å². The lowest BCUT2D eigenvalue weighted by molar-refractivity contribution is 1.18. The van der Waals surface area contributed by atoms with Gasteiger partial charge in [0, 0.05) is 11.5 Å². The van der Waals surface area contributed by atoms with Crippen LogP contribution in [0.15, 0.2) is 9.59 Å². The molecule has 0 radical (unpaired) electrons. The lowest BCUT2D eigenvalue weighted by Crippen LogP contribution is -2.06. The average Bonchev–Trinajstić information content (AvgIpc) is 1.87. The van der Waals surface area contributed by atoms with E-state index in [1.54, 1.807) is 0 Å². The van der Waals surface area contributed by atoms with Gasteiger partial charge in [-0.05, 0) is 0 Å². The van der Waals surface area contributed by atoms with E-state index in [-0.39, 0.29) is 4.87 Å². The predicted octanol–water partition coefficient (Wildman–Crippen LogP) is -0.875. The first-order chi connectivity index (χ1) is 3.29. The second-order valence-electron chi connectivity index (χ2n) is 0.946. The molecule has 0 aliphatic rings. The Bertz CT molecular complexity index is 218. The van der Waals surface area contributed by atoms with Crippen LogP contribution in [0.1, 0.15) is 0 Å². The lowest BCUT2D eigenvalue weighted by Gasteiger charge is -1.49. The molecule has 5 heteroatoms. The summed E-state index contributed by atoms with van der Waals surface area (Å²) in [6, 6.07) is 0. The number of hydrogen-bond acceptors (Lipinski definition) is 3. The Balaban J connectivity index is 3.59. The molecule has 1 aromatic heterocycles. The van der Waals surface area contributed by atoms with Gasteiger partial charge in [-0.15, -0.1) is 0 Å². The number of aromatic nitrogens is 2. The van der Waals surface area contributed by atoms with Crippen LogP contribution in [-0.4, -0.2) is 9.36 Å². The third kappa shape index (κ3) is 0.774. The molecule has 0 fully saturated rings. The minimum atomic E-state index is -0.435. The first-order valence-corrected chi connectivity index (χ1v) is 2.38. The van der Waals surface area contributed by atoms with Gasteiger partial charge in [-0.25, -0.2) is 4.79 Å². The van der Waals surface area contributed by atoms with E-state index in [1.807, 2.05) is 4.98 Å². The molecule has 2 N–H and O–H groups in total. The second-order valence-corrected chi connectivity index (χ2v) is 1.72. The largest absolute Gasteiger partial charge is 0.335 e. The number of rotatable bonds is 0. The summed E-state index contributed by atoms with van der Waals surface area (Å²) < 4.78 is 2.19. The third-order valence-electron chi connectivity index (χ3n) is 0.452. The van der Waals surface area contributed by atoms with E-state index in [0.717, 1.165) is 11.5 Å². The highest BCUT2D eigenvalue weighted by Gasteiger charge is 1.82. The Morgan fingerprint density at radius 1 is 1.43 bits per heavy atom. The van der Waals surface area contributed by atoms with E-state index in [4.69, 9.17) is 0 Å². The number of H-pyrrole nitrogens is 2. The highest BCUT2D eigenvalue weighted by Crippen LogP contribution is 1.58. The number of aromatic amines is 2. The molecular formula is C2H2N2O2S. The van der Waals surface area contributed by atoms with Gasteiger partial charge in [0.25, 0.3) is 0 Å². The second kappa shape index (κ2) is 1.34. The maximum Gasteiger partial charge on any atom is 0.335 e. The van der Waals surface area contributed by atoms with Crippen LogP contribution < -0.4 is 10.6 Å². The van der Waals surface area contributed by atoms with Crippen molar-refractivity contribution in [1.29, 1.82) is 0 Å². The average molecular weight is 118 g/mol. The maximum absolute atomic E-state index is 10.0. The number of nitrogens with one attached hydrogen (secondary N) is 2. The zero-order chi connectivity index (χ0) is 5.28. The maximum atomic E-state index is 10.0. The molecular weight excluding hydrogens is 116 g/mol. The van der Waals surface area contributed by atoms with Gasteiger partial charge in [-0.1, -0.05) is 0 Å². The summed E-state index contributed by atoms with van der Waals surface area (Å²) in [6.07, 6.45) is 0. The van der Waals surface area contributed by atoms with Crippen molar-refractivity contribution in [2.75, 3.05) is 0 Å². The van der Waals surface area contributed by atoms with E-state index < -0.39 is 5.69 Å². The zero-order valence-corrected chi connectivity index (χ0v) is 4.04. The molecule has 1 rings (SSSR count). The van der Waals surface area contributed by atoms with Crippen LogP contribution >= 0.6 is 11.5 Å². The highest BCUT2D eigenvalue weighted by atomic mass is 32.1. The van der Waals surface area contributed by atoms with Gasteiger partial charge in [0.15, 0.2) is 0 Å². The van der Waals surface area contributed by atoms with Gasteiger partial charge >= 0.3 is 10.6 Å². The topological polar surface area (TPSA) is 65.7 Å². The summed E-state index contributed by atoms with van der Waals surface area (Å²) >= 11 is 0.756. The van der Waals surface area contributed by atoms with Gasteiger partial charge in [0.2, 0.25) is 0 Å².